The van der Waals surface area contributed by atoms with Crippen molar-refractivity contribution in [2.75, 3.05) is 32.9 Å². The first-order valence-corrected chi connectivity index (χ1v) is 7.41. The van der Waals surface area contributed by atoms with Gasteiger partial charge in [-0.1, -0.05) is 18.2 Å². The highest BCUT2D eigenvalue weighted by atomic mass is 19.1. The van der Waals surface area contributed by atoms with Crippen LogP contribution in [-0.2, 0) is 0 Å². The van der Waals surface area contributed by atoms with E-state index in [0.29, 0.717) is 0 Å². The van der Waals surface area contributed by atoms with Crippen LogP contribution in [0.3, 0.4) is 0 Å². The molecule has 3 nitrogen and oxygen atoms in total. The van der Waals surface area contributed by atoms with Crippen LogP contribution in [0, 0.1) is 6.92 Å². The molecule has 1 fully saturated rings. The molecule has 108 valence electrons. The third-order valence-corrected chi connectivity index (χ3v) is 4.47. The first-order chi connectivity index (χ1) is 9.72. The van der Waals surface area contributed by atoms with Crippen molar-refractivity contribution in [2.24, 2.45) is 0 Å². The number of fused-ring (bicyclic) bond motifs is 1. The van der Waals surface area contributed by atoms with E-state index in [-0.39, 0.29) is 18.5 Å². The quantitative estimate of drug-likeness (QED) is 0.844. The minimum atomic E-state index is -0.477. The van der Waals surface area contributed by atoms with E-state index in [2.05, 4.69) is 4.90 Å². The second-order valence-corrected chi connectivity index (χ2v) is 5.75. The van der Waals surface area contributed by atoms with Gasteiger partial charge in [0.2, 0.25) is 0 Å². The molecule has 0 radical (unpaired) electrons. The summed E-state index contributed by atoms with van der Waals surface area (Å²) in [5.41, 5.74) is 2.88. The van der Waals surface area contributed by atoms with E-state index >= 15 is 0 Å². The summed E-state index contributed by atoms with van der Waals surface area (Å²) in [7, 11) is 0. The molecule has 0 aromatic heterocycles. The van der Waals surface area contributed by atoms with Crippen LogP contribution in [0.1, 0.15) is 40.4 Å². The van der Waals surface area contributed by atoms with Crippen LogP contribution in [0.25, 0.3) is 0 Å². The molecule has 1 saturated heterocycles. The van der Waals surface area contributed by atoms with Gasteiger partial charge in [0.15, 0.2) is 0 Å². The fourth-order valence-corrected chi connectivity index (χ4v) is 3.47. The van der Waals surface area contributed by atoms with E-state index in [1.165, 1.54) is 12.8 Å². The third kappa shape index (κ3) is 2.22. The van der Waals surface area contributed by atoms with E-state index in [4.69, 9.17) is 0 Å². The minimum absolute atomic E-state index is 0.0000491. The smallest absolute Gasteiger partial charge is 0.255 e. The summed E-state index contributed by atoms with van der Waals surface area (Å²) in [4.78, 5) is 16.6. The van der Waals surface area contributed by atoms with Gasteiger partial charge in [0.25, 0.3) is 5.91 Å². The molecular weight excluding hydrogens is 255 g/mol. The number of benzene rings is 1. The second-order valence-electron chi connectivity index (χ2n) is 5.75. The molecule has 0 spiro atoms. The molecule has 2 heterocycles. The maximum atomic E-state index is 12.8. The highest BCUT2D eigenvalue weighted by Gasteiger charge is 2.38. The van der Waals surface area contributed by atoms with Crippen LogP contribution in [0.15, 0.2) is 18.2 Å². The Bertz CT molecular complexity index is 511. The Morgan fingerprint density at radius 3 is 2.75 bits per heavy atom. The highest BCUT2D eigenvalue weighted by molar-refractivity contribution is 6.00. The molecule has 1 atom stereocenters. The van der Waals surface area contributed by atoms with E-state index in [1.54, 1.807) is 4.90 Å². The van der Waals surface area contributed by atoms with Crippen molar-refractivity contribution in [3.63, 3.8) is 0 Å². The highest BCUT2D eigenvalue weighted by Crippen LogP contribution is 2.36. The molecule has 1 amide bonds. The lowest BCUT2D eigenvalue weighted by Crippen LogP contribution is -2.37. The fourth-order valence-electron chi connectivity index (χ4n) is 3.47. The predicted molar refractivity (Wildman–Crippen MR) is 76.6 cm³/mol. The minimum Gasteiger partial charge on any atom is -0.328 e. The molecular formula is C16H21FN2O. The van der Waals surface area contributed by atoms with E-state index in [9.17, 15) is 9.18 Å². The number of alkyl halides is 1. The Labute approximate surface area is 119 Å². The molecule has 0 N–H and O–H groups in total. The molecule has 2 aliphatic rings. The molecule has 0 aliphatic carbocycles. The summed E-state index contributed by atoms with van der Waals surface area (Å²) >= 11 is 0. The summed E-state index contributed by atoms with van der Waals surface area (Å²) in [5, 5.41) is 0. The molecule has 1 aromatic rings. The summed E-state index contributed by atoms with van der Waals surface area (Å²) in [6.07, 6.45) is 2.45. The van der Waals surface area contributed by atoms with Crippen molar-refractivity contribution in [3.05, 3.63) is 34.9 Å². The lowest BCUT2D eigenvalue weighted by molar-refractivity contribution is 0.0677. The van der Waals surface area contributed by atoms with E-state index in [1.807, 2.05) is 25.1 Å². The number of hydrogen-bond donors (Lipinski definition) is 0. The Balaban J connectivity index is 1.92. The number of amides is 1. The number of carbonyl (C=O) groups is 1. The van der Waals surface area contributed by atoms with Crippen molar-refractivity contribution >= 4 is 5.91 Å². The first kappa shape index (κ1) is 13.6. The number of hydrogen-bond acceptors (Lipinski definition) is 2. The topological polar surface area (TPSA) is 23.6 Å². The Morgan fingerprint density at radius 2 is 2.05 bits per heavy atom. The SMILES string of the molecule is Cc1cccc2c1C(=O)N(CCF)C2CN1CCCC1. The number of halogens is 1. The summed E-state index contributed by atoms with van der Waals surface area (Å²) in [5.74, 6) is -0.0000491. The zero-order valence-corrected chi connectivity index (χ0v) is 11.9. The first-order valence-electron chi connectivity index (χ1n) is 7.41. The average Bonchev–Trinajstić information content (AvgIpc) is 3.02. The maximum Gasteiger partial charge on any atom is 0.255 e. The summed E-state index contributed by atoms with van der Waals surface area (Å²) < 4.78 is 12.8. The Hall–Kier alpha value is -1.42. The summed E-state index contributed by atoms with van der Waals surface area (Å²) in [6, 6.07) is 6.00. The molecule has 1 unspecified atom stereocenters. The Kier molecular flexibility index (Phi) is 3.74. The number of aryl methyl sites for hydroxylation is 1. The van der Waals surface area contributed by atoms with Gasteiger partial charge in [-0.15, -0.1) is 0 Å². The van der Waals surface area contributed by atoms with Crippen molar-refractivity contribution in [1.29, 1.82) is 0 Å². The average molecular weight is 276 g/mol. The lowest BCUT2D eigenvalue weighted by Gasteiger charge is -2.28. The number of carbonyl (C=O) groups excluding carboxylic acids is 1. The zero-order chi connectivity index (χ0) is 14.1. The molecule has 3 rings (SSSR count). The standard InChI is InChI=1S/C16H21FN2O/c1-12-5-4-6-13-14(11-18-8-2-3-9-18)19(10-7-17)16(20)15(12)13/h4-6,14H,2-3,7-11H2,1H3. The fraction of sp³-hybridized carbons (Fsp3) is 0.562. The van der Waals surface area contributed by atoms with Crippen molar-refractivity contribution in [2.45, 2.75) is 25.8 Å². The molecule has 0 saturated carbocycles. The molecule has 0 bridgehead atoms. The van der Waals surface area contributed by atoms with Crippen LogP contribution in [-0.4, -0.2) is 48.6 Å². The van der Waals surface area contributed by atoms with Crippen LogP contribution < -0.4 is 0 Å². The van der Waals surface area contributed by atoms with Crippen LogP contribution >= 0.6 is 0 Å². The van der Waals surface area contributed by atoms with Crippen molar-refractivity contribution in [1.82, 2.24) is 9.80 Å². The van der Waals surface area contributed by atoms with Gasteiger partial charge < -0.3 is 9.80 Å². The molecule has 1 aromatic carbocycles. The van der Waals surface area contributed by atoms with Gasteiger partial charge in [-0.3, -0.25) is 4.79 Å². The Morgan fingerprint density at radius 1 is 1.30 bits per heavy atom. The largest absolute Gasteiger partial charge is 0.328 e. The monoisotopic (exact) mass is 276 g/mol. The maximum absolute atomic E-state index is 12.8. The van der Waals surface area contributed by atoms with Crippen LogP contribution in [0.4, 0.5) is 4.39 Å². The van der Waals surface area contributed by atoms with Gasteiger partial charge in [0, 0.05) is 12.1 Å². The molecule has 2 aliphatic heterocycles. The van der Waals surface area contributed by atoms with Gasteiger partial charge in [-0.2, -0.15) is 0 Å². The second kappa shape index (κ2) is 5.52. The van der Waals surface area contributed by atoms with Crippen LogP contribution in [0.5, 0.6) is 0 Å². The molecule has 4 heteroatoms. The number of likely N-dealkylation sites (tertiary alicyclic amines) is 1. The normalized spacial score (nSPS) is 22.6. The number of rotatable bonds is 4. The van der Waals surface area contributed by atoms with E-state index < -0.39 is 6.67 Å². The lowest BCUT2D eigenvalue weighted by atomic mass is 10.00. The summed E-state index contributed by atoms with van der Waals surface area (Å²) in [6.45, 7) is 4.70. The predicted octanol–water partition coefficient (Wildman–Crippen LogP) is 2.56. The zero-order valence-electron chi connectivity index (χ0n) is 11.9. The molecule has 20 heavy (non-hydrogen) atoms. The van der Waals surface area contributed by atoms with Gasteiger partial charge in [-0.05, 0) is 44.0 Å². The van der Waals surface area contributed by atoms with Gasteiger partial charge in [-0.25, -0.2) is 4.39 Å². The van der Waals surface area contributed by atoms with Gasteiger partial charge in [0.05, 0.1) is 12.6 Å². The number of nitrogens with zero attached hydrogens (tertiary/aromatic N) is 2. The van der Waals surface area contributed by atoms with Crippen molar-refractivity contribution < 1.29 is 9.18 Å². The van der Waals surface area contributed by atoms with Gasteiger partial charge >= 0.3 is 0 Å². The van der Waals surface area contributed by atoms with Crippen molar-refractivity contribution in [3.8, 4) is 0 Å². The third-order valence-electron chi connectivity index (χ3n) is 4.47. The van der Waals surface area contributed by atoms with Gasteiger partial charge in [0.1, 0.15) is 6.67 Å². The van der Waals surface area contributed by atoms with Crippen LogP contribution in [0.2, 0.25) is 0 Å². The van der Waals surface area contributed by atoms with E-state index in [0.717, 1.165) is 36.3 Å².